The summed E-state index contributed by atoms with van der Waals surface area (Å²) in [4.78, 5) is 17.6. The Kier molecular flexibility index (Phi) is 5.45. The number of rotatable bonds is 5. The molecule has 0 aliphatic heterocycles. The fraction of sp³-hybridized carbons (Fsp3) is 0.267. The molecule has 21 heavy (non-hydrogen) atoms. The smallest absolute Gasteiger partial charge is 0.244 e. The molecule has 2 aromatic rings. The van der Waals surface area contributed by atoms with Crippen molar-refractivity contribution >= 4 is 46.4 Å². The SMILES string of the molecule is CCN=C([S-])C(C(=O)c1ccc(Cl)s1)[n+]1cccc(C)c1. The topological polar surface area (TPSA) is 33.3 Å². The second-order valence-electron chi connectivity index (χ2n) is 4.51. The standard InChI is InChI=1S/C15H15ClN2OS2/c1-3-17-15(20)13(18-8-4-5-10(2)9-18)14(19)11-6-7-12(16)21-11/h4-9,13H,3H2,1-2H3. The third-order valence-corrected chi connectivity index (χ3v) is 4.48. The zero-order valence-electron chi connectivity index (χ0n) is 11.7. The van der Waals surface area contributed by atoms with Gasteiger partial charge in [0.15, 0.2) is 12.4 Å². The maximum Gasteiger partial charge on any atom is 0.244 e. The van der Waals surface area contributed by atoms with Crippen molar-refractivity contribution in [1.29, 1.82) is 0 Å². The highest BCUT2D eigenvalue weighted by molar-refractivity contribution is 7.77. The average Bonchev–Trinajstić information content (AvgIpc) is 2.86. The number of carbonyl (C=O) groups is 1. The van der Waals surface area contributed by atoms with Crippen molar-refractivity contribution in [2.75, 3.05) is 6.54 Å². The number of aryl methyl sites for hydroxylation is 1. The monoisotopic (exact) mass is 338 g/mol. The summed E-state index contributed by atoms with van der Waals surface area (Å²) >= 11 is 12.5. The van der Waals surface area contributed by atoms with Crippen LogP contribution in [0, 0.1) is 6.92 Å². The van der Waals surface area contributed by atoms with Gasteiger partial charge in [0, 0.05) is 18.2 Å². The van der Waals surface area contributed by atoms with Gasteiger partial charge in [0.05, 0.1) is 9.21 Å². The third kappa shape index (κ3) is 3.87. The molecule has 2 aromatic heterocycles. The molecule has 0 radical (unpaired) electrons. The molecule has 0 saturated carbocycles. The van der Waals surface area contributed by atoms with Crippen LogP contribution in [0.1, 0.15) is 28.2 Å². The first kappa shape index (κ1) is 16.1. The minimum absolute atomic E-state index is 0.0790. The van der Waals surface area contributed by atoms with E-state index in [1.807, 2.05) is 42.9 Å². The molecule has 1 atom stereocenters. The van der Waals surface area contributed by atoms with E-state index in [0.29, 0.717) is 20.8 Å². The largest absolute Gasteiger partial charge is 0.758 e. The Morgan fingerprint density at radius 2 is 2.24 bits per heavy atom. The number of halogens is 1. The Bertz CT molecular complexity index is 682. The fourth-order valence-electron chi connectivity index (χ4n) is 1.97. The first-order chi connectivity index (χ1) is 10.0. The summed E-state index contributed by atoms with van der Waals surface area (Å²) in [6, 6.07) is 6.71. The number of aliphatic imine (C=N–C) groups is 1. The van der Waals surface area contributed by atoms with Gasteiger partial charge in [-0.2, -0.15) is 4.57 Å². The second-order valence-corrected chi connectivity index (χ2v) is 6.65. The van der Waals surface area contributed by atoms with Gasteiger partial charge in [0.25, 0.3) is 0 Å². The number of aromatic nitrogens is 1. The van der Waals surface area contributed by atoms with Gasteiger partial charge >= 0.3 is 0 Å². The number of carbonyl (C=O) groups excluding carboxylic acids is 1. The lowest BCUT2D eigenvalue weighted by Gasteiger charge is -2.17. The summed E-state index contributed by atoms with van der Waals surface area (Å²) in [5, 5.41) is 0.391. The molecule has 0 aromatic carbocycles. The van der Waals surface area contributed by atoms with E-state index in [4.69, 9.17) is 24.2 Å². The molecule has 0 saturated heterocycles. The van der Waals surface area contributed by atoms with Gasteiger partial charge in [-0.1, -0.05) is 11.6 Å². The van der Waals surface area contributed by atoms with Crippen molar-refractivity contribution in [1.82, 2.24) is 0 Å². The lowest BCUT2D eigenvalue weighted by Crippen LogP contribution is -2.47. The molecule has 2 rings (SSSR count). The molecule has 0 spiro atoms. The van der Waals surface area contributed by atoms with E-state index in [1.165, 1.54) is 11.3 Å². The average molecular weight is 339 g/mol. The Labute approximate surface area is 138 Å². The minimum atomic E-state index is -0.602. The summed E-state index contributed by atoms with van der Waals surface area (Å²) in [6.45, 7) is 4.43. The second kappa shape index (κ2) is 7.11. The van der Waals surface area contributed by atoms with Crippen LogP contribution in [-0.2, 0) is 12.6 Å². The van der Waals surface area contributed by atoms with Crippen molar-refractivity contribution in [3.05, 3.63) is 51.4 Å². The van der Waals surface area contributed by atoms with Gasteiger partial charge in [0.1, 0.15) is 0 Å². The van der Waals surface area contributed by atoms with Crippen LogP contribution in [0.2, 0.25) is 4.34 Å². The number of hydrogen-bond donors (Lipinski definition) is 0. The van der Waals surface area contributed by atoms with E-state index in [2.05, 4.69) is 4.99 Å². The lowest BCUT2D eigenvalue weighted by molar-refractivity contribution is -0.692. The third-order valence-electron chi connectivity index (χ3n) is 2.88. The van der Waals surface area contributed by atoms with Crippen LogP contribution in [0.4, 0.5) is 0 Å². The summed E-state index contributed by atoms with van der Waals surface area (Å²) in [5.74, 6) is -0.0790. The van der Waals surface area contributed by atoms with E-state index in [0.717, 1.165) is 5.56 Å². The molecular formula is C15H15ClN2OS2. The van der Waals surface area contributed by atoms with E-state index in [9.17, 15) is 4.79 Å². The Hall–Kier alpha value is -1.30. The molecular weight excluding hydrogens is 324 g/mol. The van der Waals surface area contributed by atoms with E-state index in [-0.39, 0.29) is 5.78 Å². The summed E-state index contributed by atoms with van der Waals surface area (Å²) in [5.41, 5.74) is 1.05. The van der Waals surface area contributed by atoms with Crippen molar-refractivity contribution in [3.63, 3.8) is 0 Å². The molecule has 0 aliphatic carbocycles. The number of Topliss-reactive ketones (excluding diaryl/α,β-unsaturated/α-hetero) is 1. The lowest BCUT2D eigenvalue weighted by atomic mass is 10.1. The Morgan fingerprint density at radius 3 is 2.81 bits per heavy atom. The minimum Gasteiger partial charge on any atom is -0.758 e. The van der Waals surface area contributed by atoms with E-state index in [1.54, 1.807) is 12.1 Å². The van der Waals surface area contributed by atoms with E-state index < -0.39 is 6.04 Å². The highest BCUT2D eigenvalue weighted by Crippen LogP contribution is 2.24. The molecule has 1 unspecified atom stereocenters. The fourth-order valence-corrected chi connectivity index (χ4v) is 3.34. The van der Waals surface area contributed by atoms with Crippen LogP contribution in [0.25, 0.3) is 0 Å². The van der Waals surface area contributed by atoms with Crippen LogP contribution in [-0.4, -0.2) is 17.4 Å². The molecule has 6 heteroatoms. The van der Waals surface area contributed by atoms with Crippen LogP contribution in [0.3, 0.4) is 0 Å². The van der Waals surface area contributed by atoms with Gasteiger partial charge in [-0.05, 0) is 37.1 Å². The summed E-state index contributed by atoms with van der Waals surface area (Å²) < 4.78 is 2.40. The zero-order chi connectivity index (χ0) is 15.4. The molecule has 110 valence electrons. The first-order valence-corrected chi connectivity index (χ1v) is 8.11. The van der Waals surface area contributed by atoms with Crippen LogP contribution in [0.15, 0.2) is 41.7 Å². The summed E-state index contributed by atoms with van der Waals surface area (Å²) in [6.07, 6.45) is 3.73. The van der Waals surface area contributed by atoms with Crippen molar-refractivity contribution in [3.8, 4) is 0 Å². The predicted molar refractivity (Wildman–Crippen MR) is 89.4 cm³/mol. The number of nitrogens with zero attached hydrogens (tertiary/aromatic N) is 2. The molecule has 0 fully saturated rings. The molecule has 0 aliphatic rings. The molecule has 0 amide bonds. The number of hydrogen-bond acceptors (Lipinski definition) is 4. The first-order valence-electron chi connectivity index (χ1n) is 6.51. The van der Waals surface area contributed by atoms with Crippen molar-refractivity contribution in [2.45, 2.75) is 19.9 Å². The Morgan fingerprint density at radius 1 is 1.48 bits per heavy atom. The van der Waals surface area contributed by atoms with E-state index >= 15 is 0 Å². The summed E-state index contributed by atoms with van der Waals surface area (Å²) in [7, 11) is 0. The van der Waals surface area contributed by atoms with Crippen LogP contribution >= 0.6 is 22.9 Å². The maximum absolute atomic E-state index is 12.8. The molecule has 0 N–H and O–H groups in total. The van der Waals surface area contributed by atoms with Gasteiger partial charge in [-0.3, -0.25) is 4.79 Å². The van der Waals surface area contributed by atoms with Crippen LogP contribution in [0.5, 0.6) is 0 Å². The van der Waals surface area contributed by atoms with Gasteiger partial charge < -0.3 is 17.6 Å². The number of pyridine rings is 1. The van der Waals surface area contributed by atoms with Crippen LogP contribution < -0.4 is 4.57 Å². The van der Waals surface area contributed by atoms with Crippen molar-refractivity contribution < 1.29 is 9.36 Å². The number of ketones is 1. The molecule has 0 bridgehead atoms. The maximum atomic E-state index is 12.8. The molecule has 3 nitrogen and oxygen atoms in total. The normalized spacial score (nSPS) is 13.2. The van der Waals surface area contributed by atoms with Crippen molar-refractivity contribution in [2.24, 2.45) is 4.99 Å². The zero-order valence-corrected chi connectivity index (χ0v) is 14.1. The Balaban J connectivity index is 2.46. The van der Waals surface area contributed by atoms with Gasteiger partial charge in [-0.25, -0.2) is 0 Å². The number of thiophene rings is 1. The predicted octanol–water partition coefficient (Wildman–Crippen LogP) is 3.39. The quantitative estimate of drug-likeness (QED) is 0.275. The van der Waals surface area contributed by atoms with Gasteiger partial charge in [-0.15, -0.1) is 11.3 Å². The molecule has 2 heterocycles. The highest BCUT2D eigenvalue weighted by atomic mass is 35.5. The highest BCUT2D eigenvalue weighted by Gasteiger charge is 2.29. The van der Waals surface area contributed by atoms with Gasteiger partial charge in [0.2, 0.25) is 11.8 Å².